The van der Waals surface area contributed by atoms with E-state index in [0.29, 0.717) is 5.02 Å². The molecule has 1 N–H and O–H groups in total. The van der Waals surface area contributed by atoms with Crippen LogP contribution in [0.2, 0.25) is 5.02 Å². The number of esters is 1. The van der Waals surface area contributed by atoms with Crippen LogP contribution >= 0.6 is 11.6 Å². The lowest BCUT2D eigenvalue weighted by Crippen LogP contribution is -2.59. The molecule has 1 heterocycles. The van der Waals surface area contributed by atoms with Crippen molar-refractivity contribution in [1.29, 1.82) is 0 Å². The SMILES string of the molecule is CC1(OCC(=O)OCc2ccccc2Cl)CNC1. The second-order valence-electron chi connectivity index (χ2n) is 4.59. The number of nitrogens with one attached hydrogen (secondary N) is 1. The number of ether oxygens (including phenoxy) is 2. The fourth-order valence-corrected chi connectivity index (χ4v) is 1.82. The van der Waals surface area contributed by atoms with Gasteiger partial charge in [0.2, 0.25) is 0 Å². The molecule has 0 spiro atoms. The maximum Gasteiger partial charge on any atom is 0.332 e. The summed E-state index contributed by atoms with van der Waals surface area (Å²) in [5.74, 6) is -0.372. The zero-order valence-corrected chi connectivity index (χ0v) is 11.0. The van der Waals surface area contributed by atoms with Crippen LogP contribution < -0.4 is 5.32 Å². The molecule has 0 aliphatic carbocycles. The largest absolute Gasteiger partial charge is 0.459 e. The van der Waals surface area contributed by atoms with Gasteiger partial charge in [-0.25, -0.2) is 4.79 Å². The smallest absolute Gasteiger partial charge is 0.332 e. The minimum atomic E-state index is -0.372. The van der Waals surface area contributed by atoms with E-state index in [9.17, 15) is 4.79 Å². The number of hydrogen-bond acceptors (Lipinski definition) is 4. The number of halogens is 1. The second-order valence-corrected chi connectivity index (χ2v) is 5.00. The number of hydrogen-bond donors (Lipinski definition) is 1. The van der Waals surface area contributed by atoms with Crippen molar-refractivity contribution in [1.82, 2.24) is 5.32 Å². The summed E-state index contributed by atoms with van der Waals surface area (Å²) in [6, 6.07) is 7.28. The van der Waals surface area contributed by atoms with Crippen LogP contribution in [0.1, 0.15) is 12.5 Å². The van der Waals surface area contributed by atoms with Crippen LogP contribution in [0.4, 0.5) is 0 Å². The first-order chi connectivity index (χ1) is 8.59. The number of rotatable bonds is 5. The minimum absolute atomic E-state index is 0.0252. The van der Waals surface area contributed by atoms with Crippen molar-refractivity contribution in [2.75, 3.05) is 19.7 Å². The highest BCUT2D eigenvalue weighted by molar-refractivity contribution is 6.31. The molecule has 1 aliphatic heterocycles. The molecule has 4 nitrogen and oxygen atoms in total. The lowest BCUT2D eigenvalue weighted by Gasteiger charge is -2.38. The molecule has 5 heteroatoms. The summed E-state index contributed by atoms with van der Waals surface area (Å²) in [4.78, 5) is 11.5. The summed E-state index contributed by atoms with van der Waals surface area (Å²) in [6.45, 7) is 3.65. The Bertz CT molecular complexity index is 432. The number of carbonyl (C=O) groups excluding carboxylic acids is 1. The maximum atomic E-state index is 11.5. The van der Waals surface area contributed by atoms with Crippen molar-refractivity contribution < 1.29 is 14.3 Å². The summed E-state index contributed by atoms with van der Waals surface area (Å²) in [5.41, 5.74) is 0.563. The molecule has 1 aromatic carbocycles. The second kappa shape index (κ2) is 5.69. The Morgan fingerprint density at radius 1 is 1.44 bits per heavy atom. The molecule has 98 valence electrons. The molecule has 1 aliphatic rings. The van der Waals surface area contributed by atoms with Gasteiger partial charge >= 0.3 is 5.97 Å². The van der Waals surface area contributed by atoms with E-state index in [0.717, 1.165) is 18.7 Å². The fraction of sp³-hybridized carbons (Fsp3) is 0.462. The predicted molar refractivity (Wildman–Crippen MR) is 68.5 cm³/mol. The van der Waals surface area contributed by atoms with Gasteiger partial charge in [0.25, 0.3) is 0 Å². The molecule has 2 rings (SSSR count). The van der Waals surface area contributed by atoms with Crippen molar-refractivity contribution in [3.63, 3.8) is 0 Å². The van der Waals surface area contributed by atoms with Gasteiger partial charge in [-0.3, -0.25) is 0 Å². The van der Waals surface area contributed by atoms with Gasteiger partial charge < -0.3 is 14.8 Å². The normalized spacial score (nSPS) is 17.0. The summed E-state index contributed by atoms with van der Waals surface area (Å²) in [7, 11) is 0. The highest BCUT2D eigenvalue weighted by Crippen LogP contribution is 2.17. The molecule has 0 radical (unpaired) electrons. The van der Waals surface area contributed by atoms with Crippen molar-refractivity contribution >= 4 is 17.6 Å². The highest BCUT2D eigenvalue weighted by Gasteiger charge is 2.33. The fourth-order valence-electron chi connectivity index (χ4n) is 1.63. The summed E-state index contributed by atoms with van der Waals surface area (Å²) < 4.78 is 10.6. The summed E-state index contributed by atoms with van der Waals surface area (Å²) in [6.07, 6.45) is 0. The third-order valence-corrected chi connectivity index (χ3v) is 3.25. The molecule has 0 unspecified atom stereocenters. The van der Waals surface area contributed by atoms with Gasteiger partial charge in [0.05, 0.1) is 5.60 Å². The first kappa shape index (κ1) is 13.3. The first-order valence-electron chi connectivity index (χ1n) is 5.83. The predicted octanol–water partition coefficient (Wildman–Crippen LogP) is 1.76. The first-order valence-corrected chi connectivity index (χ1v) is 6.21. The molecule has 1 aromatic rings. The van der Waals surface area contributed by atoms with Gasteiger partial charge in [0, 0.05) is 23.7 Å². The Morgan fingerprint density at radius 3 is 2.78 bits per heavy atom. The molecular formula is C13H16ClNO3. The average molecular weight is 270 g/mol. The Hall–Kier alpha value is -1.10. The van der Waals surface area contributed by atoms with E-state index in [2.05, 4.69) is 5.32 Å². The zero-order chi connectivity index (χ0) is 13.0. The number of benzene rings is 1. The van der Waals surface area contributed by atoms with E-state index in [1.165, 1.54) is 0 Å². The van der Waals surface area contributed by atoms with Crippen LogP contribution in [-0.2, 0) is 20.9 Å². The summed E-state index contributed by atoms with van der Waals surface area (Å²) >= 11 is 5.96. The topological polar surface area (TPSA) is 47.6 Å². The lowest BCUT2D eigenvalue weighted by molar-refractivity contribution is -0.159. The van der Waals surface area contributed by atoms with Crippen molar-refractivity contribution in [2.24, 2.45) is 0 Å². The van der Waals surface area contributed by atoms with Crippen LogP contribution in [0.15, 0.2) is 24.3 Å². The molecule has 0 aromatic heterocycles. The molecule has 0 saturated carbocycles. The molecular weight excluding hydrogens is 254 g/mol. The van der Waals surface area contributed by atoms with E-state index in [-0.39, 0.29) is 24.8 Å². The third-order valence-electron chi connectivity index (χ3n) is 2.88. The molecule has 0 atom stereocenters. The van der Waals surface area contributed by atoms with Gasteiger partial charge in [-0.15, -0.1) is 0 Å². The molecule has 0 bridgehead atoms. The quantitative estimate of drug-likeness (QED) is 0.828. The van der Waals surface area contributed by atoms with E-state index >= 15 is 0 Å². The van der Waals surface area contributed by atoms with Crippen LogP contribution in [-0.4, -0.2) is 31.3 Å². The van der Waals surface area contributed by atoms with Crippen LogP contribution in [0.5, 0.6) is 0 Å². The Labute approximate surface area is 111 Å². The van der Waals surface area contributed by atoms with Gasteiger partial charge in [-0.2, -0.15) is 0 Å². The van der Waals surface area contributed by atoms with Gasteiger partial charge in [-0.05, 0) is 13.0 Å². The van der Waals surface area contributed by atoms with Crippen molar-refractivity contribution in [3.8, 4) is 0 Å². The lowest BCUT2D eigenvalue weighted by atomic mass is 10.0. The standard InChI is InChI=1S/C13H16ClNO3/c1-13(8-15-9-13)18-7-12(16)17-6-10-4-2-3-5-11(10)14/h2-5,15H,6-9H2,1H3. The summed E-state index contributed by atoms with van der Waals surface area (Å²) in [5, 5.41) is 3.69. The number of carbonyl (C=O) groups is 1. The zero-order valence-electron chi connectivity index (χ0n) is 10.2. The maximum absolute atomic E-state index is 11.5. The Balaban J connectivity index is 1.73. The third kappa shape index (κ3) is 3.45. The van der Waals surface area contributed by atoms with Crippen LogP contribution in [0.25, 0.3) is 0 Å². The van der Waals surface area contributed by atoms with Crippen LogP contribution in [0.3, 0.4) is 0 Å². The highest BCUT2D eigenvalue weighted by atomic mass is 35.5. The Morgan fingerprint density at radius 2 is 2.17 bits per heavy atom. The van der Waals surface area contributed by atoms with E-state index in [1.54, 1.807) is 6.07 Å². The molecule has 0 amide bonds. The van der Waals surface area contributed by atoms with Crippen molar-refractivity contribution in [2.45, 2.75) is 19.1 Å². The molecule has 18 heavy (non-hydrogen) atoms. The average Bonchev–Trinajstić information content (AvgIpc) is 2.33. The van der Waals surface area contributed by atoms with Crippen molar-refractivity contribution in [3.05, 3.63) is 34.9 Å². The Kier molecular flexibility index (Phi) is 4.22. The minimum Gasteiger partial charge on any atom is -0.459 e. The van der Waals surface area contributed by atoms with E-state index in [1.807, 2.05) is 25.1 Å². The monoisotopic (exact) mass is 269 g/mol. The molecule has 1 saturated heterocycles. The van der Waals surface area contributed by atoms with Gasteiger partial charge in [-0.1, -0.05) is 29.8 Å². The molecule has 1 fully saturated rings. The van der Waals surface area contributed by atoms with Gasteiger partial charge in [0.15, 0.2) is 0 Å². The van der Waals surface area contributed by atoms with Gasteiger partial charge in [0.1, 0.15) is 13.2 Å². The van der Waals surface area contributed by atoms with E-state index in [4.69, 9.17) is 21.1 Å². The van der Waals surface area contributed by atoms with Crippen LogP contribution in [0, 0.1) is 0 Å². The van der Waals surface area contributed by atoms with E-state index < -0.39 is 0 Å².